The molecule has 1 amide bonds. The highest BCUT2D eigenvalue weighted by Crippen LogP contribution is 2.18. The van der Waals surface area contributed by atoms with E-state index >= 15 is 0 Å². The van der Waals surface area contributed by atoms with Crippen LogP contribution in [-0.2, 0) is 14.3 Å². The van der Waals surface area contributed by atoms with Crippen LogP contribution in [0, 0.1) is 12.7 Å². The normalized spacial score (nSPS) is 10.4. The molecule has 30 heavy (non-hydrogen) atoms. The summed E-state index contributed by atoms with van der Waals surface area (Å²) in [7, 11) is 1.55. The van der Waals surface area contributed by atoms with Crippen LogP contribution >= 0.6 is 0 Å². The van der Waals surface area contributed by atoms with Gasteiger partial charge in [0.05, 0.1) is 18.5 Å². The Kier molecular flexibility index (Phi) is 6.63. The summed E-state index contributed by atoms with van der Waals surface area (Å²) in [5, 5.41) is 6.90. The first-order chi connectivity index (χ1) is 14.4. The van der Waals surface area contributed by atoms with Gasteiger partial charge < -0.3 is 19.5 Å². The predicted octanol–water partition coefficient (Wildman–Crippen LogP) is 2.89. The van der Waals surface area contributed by atoms with Crippen molar-refractivity contribution in [2.24, 2.45) is 0 Å². The van der Waals surface area contributed by atoms with Gasteiger partial charge in [-0.05, 0) is 55.5 Å². The molecule has 0 unspecified atom stereocenters. The van der Waals surface area contributed by atoms with E-state index in [0.717, 1.165) is 0 Å². The van der Waals surface area contributed by atoms with Gasteiger partial charge in [-0.3, -0.25) is 4.79 Å². The second-order valence-corrected chi connectivity index (χ2v) is 6.23. The fraction of sp³-hybridized carbons (Fsp3) is 0.190. The Morgan fingerprint density at radius 3 is 2.37 bits per heavy atom. The molecule has 0 saturated heterocycles. The third kappa shape index (κ3) is 5.57. The summed E-state index contributed by atoms with van der Waals surface area (Å²) in [6.45, 7) is 0.927. The number of anilines is 1. The number of carbonyl (C=O) groups is 2. The molecule has 3 rings (SSSR count). The number of nitrogens with zero attached hydrogens (tertiary/aromatic N) is 2. The Hall–Kier alpha value is -3.88. The zero-order chi connectivity index (χ0) is 21.5. The molecule has 0 saturated carbocycles. The zero-order valence-electron chi connectivity index (χ0n) is 16.4. The fourth-order valence-corrected chi connectivity index (χ4v) is 2.55. The van der Waals surface area contributed by atoms with Gasteiger partial charge in [-0.1, -0.05) is 0 Å². The zero-order valence-corrected chi connectivity index (χ0v) is 16.4. The summed E-state index contributed by atoms with van der Waals surface area (Å²) in [5.74, 6) is -0.112. The molecule has 156 valence electrons. The van der Waals surface area contributed by atoms with Gasteiger partial charge in [-0.2, -0.15) is 5.10 Å². The van der Waals surface area contributed by atoms with Crippen molar-refractivity contribution in [3.63, 3.8) is 0 Å². The van der Waals surface area contributed by atoms with Gasteiger partial charge in [0, 0.05) is 6.07 Å². The Morgan fingerprint density at radius 1 is 1.03 bits per heavy atom. The van der Waals surface area contributed by atoms with E-state index in [2.05, 4.69) is 10.4 Å². The van der Waals surface area contributed by atoms with Crippen LogP contribution in [-0.4, -0.2) is 42.0 Å². The Bertz CT molecular complexity index is 1020. The number of ether oxygens (including phenoxy) is 3. The lowest BCUT2D eigenvalue weighted by Gasteiger charge is -2.10. The third-order valence-corrected chi connectivity index (χ3v) is 3.95. The molecule has 0 aliphatic carbocycles. The number of aromatic nitrogens is 2. The topological polar surface area (TPSA) is 91.7 Å². The highest BCUT2D eigenvalue weighted by Gasteiger charge is 2.13. The van der Waals surface area contributed by atoms with E-state index in [1.54, 1.807) is 44.4 Å². The van der Waals surface area contributed by atoms with Crippen LogP contribution in [0.2, 0.25) is 0 Å². The maximum Gasteiger partial charge on any atom is 0.344 e. The van der Waals surface area contributed by atoms with Crippen LogP contribution in [0.4, 0.5) is 10.2 Å². The predicted molar refractivity (Wildman–Crippen MR) is 106 cm³/mol. The lowest BCUT2D eigenvalue weighted by atomic mass is 10.3. The SMILES string of the molecule is COc1ccc(OCC(=O)OCC(=O)Nc2cc(C)nn2-c2ccc(F)cc2)cc1. The Balaban J connectivity index is 1.51. The number of hydrogen-bond donors (Lipinski definition) is 1. The van der Waals surface area contributed by atoms with E-state index in [-0.39, 0.29) is 12.4 Å². The highest BCUT2D eigenvalue weighted by molar-refractivity contribution is 5.92. The number of rotatable bonds is 8. The van der Waals surface area contributed by atoms with Gasteiger partial charge in [-0.15, -0.1) is 0 Å². The average Bonchev–Trinajstić information content (AvgIpc) is 3.11. The molecule has 9 heteroatoms. The number of aryl methyl sites for hydroxylation is 1. The first kappa shape index (κ1) is 20.8. The highest BCUT2D eigenvalue weighted by atomic mass is 19.1. The van der Waals surface area contributed by atoms with E-state index in [1.165, 1.54) is 28.9 Å². The summed E-state index contributed by atoms with van der Waals surface area (Å²) < 4.78 is 29.9. The van der Waals surface area contributed by atoms with E-state index < -0.39 is 18.5 Å². The first-order valence-electron chi connectivity index (χ1n) is 8.99. The van der Waals surface area contributed by atoms with Gasteiger partial charge in [0.25, 0.3) is 5.91 Å². The van der Waals surface area contributed by atoms with Crippen molar-refractivity contribution >= 4 is 17.7 Å². The number of esters is 1. The number of hydrogen-bond acceptors (Lipinski definition) is 6. The summed E-state index contributed by atoms with van der Waals surface area (Å²) in [6, 6.07) is 14.0. The van der Waals surface area contributed by atoms with Crippen LogP contribution in [0.1, 0.15) is 5.69 Å². The lowest BCUT2D eigenvalue weighted by molar-refractivity contribution is -0.149. The quantitative estimate of drug-likeness (QED) is 0.571. The van der Waals surface area contributed by atoms with E-state index in [1.807, 2.05) is 0 Å². The second-order valence-electron chi connectivity index (χ2n) is 6.23. The standard InChI is InChI=1S/C21H20FN3O5/c1-14-11-19(25(24-14)16-5-3-15(22)4-6-16)23-20(26)12-30-21(27)13-29-18-9-7-17(28-2)8-10-18/h3-11H,12-13H2,1-2H3,(H,23,26). The van der Waals surface area contributed by atoms with Crippen molar-refractivity contribution in [2.45, 2.75) is 6.92 Å². The van der Waals surface area contributed by atoms with Crippen molar-refractivity contribution < 1.29 is 28.2 Å². The minimum atomic E-state index is -0.691. The molecule has 3 aromatic rings. The van der Waals surface area contributed by atoms with E-state index in [4.69, 9.17) is 14.2 Å². The molecule has 1 aromatic heterocycles. The molecule has 0 radical (unpaired) electrons. The van der Waals surface area contributed by atoms with Crippen molar-refractivity contribution in [3.8, 4) is 17.2 Å². The number of carbonyl (C=O) groups excluding carboxylic acids is 2. The summed E-state index contributed by atoms with van der Waals surface area (Å²) in [4.78, 5) is 24.0. The molecule has 0 atom stereocenters. The number of halogens is 1. The summed E-state index contributed by atoms with van der Waals surface area (Å²) in [6.07, 6.45) is 0. The van der Waals surface area contributed by atoms with Gasteiger partial charge in [0.2, 0.25) is 0 Å². The lowest BCUT2D eigenvalue weighted by Crippen LogP contribution is -2.24. The number of nitrogens with one attached hydrogen (secondary N) is 1. The van der Waals surface area contributed by atoms with Crippen LogP contribution in [0.5, 0.6) is 11.5 Å². The number of amides is 1. The molecule has 2 aromatic carbocycles. The average molecular weight is 413 g/mol. The van der Waals surface area contributed by atoms with Gasteiger partial charge in [0.1, 0.15) is 23.1 Å². The Labute approximate surface area is 172 Å². The van der Waals surface area contributed by atoms with Crippen LogP contribution in [0.25, 0.3) is 5.69 Å². The molecular formula is C21H20FN3O5. The molecule has 1 N–H and O–H groups in total. The third-order valence-electron chi connectivity index (χ3n) is 3.95. The maximum atomic E-state index is 13.1. The van der Waals surface area contributed by atoms with Crippen LogP contribution < -0.4 is 14.8 Å². The largest absolute Gasteiger partial charge is 0.497 e. The molecule has 0 fully saturated rings. The molecule has 0 aliphatic rings. The molecule has 0 bridgehead atoms. The van der Waals surface area contributed by atoms with Crippen LogP contribution in [0.15, 0.2) is 54.6 Å². The maximum absolute atomic E-state index is 13.1. The minimum absolute atomic E-state index is 0.341. The van der Waals surface area contributed by atoms with E-state index in [0.29, 0.717) is 28.7 Å². The smallest absolute Gasteiger partial charge is 0.344 e. The van der Waals surface area contributed by atoms with E-state index in [9.17, 15) is 14.0 Å². The monoisotopic (exact) mass is 413 g/mol. The van der Waals surface area contributed by atoms with Gasteiger partial charge in [-0.25, -0.2) is 13.9 Å². The fourth-order valence-electron chi connectivity index (χ4n) is 2.55. The minimum Gasteiger partial charge on any atom is -0.497 e. The number of methoxy groups -OCH3 is 1. The molecule has 1 heterocycles. The molecular weight excluding hydrogens is 393 g/mol. The van der Waals surface area contributed by atoms with Crippen LogP contribution in [0.3, 0.4) is 0 Å². The number of benzene rings is 2. The van der Waals surface area contributed by atoms with Crippen molar-refractivity contribution in [3.05, 3.63) is 66.1 Å². The van der Waals surface area contributed by atoms with Gasteiger partial charge in [0.15, 0.2) is 13.2 Å². The molecule has 0 aliphatic heterocycles. The van der Waals surface area contributed by atoms with Crippen molar-refractivity contribution in [2.75, 3.05) is 25.6 Å². The summed E-state index contributed by atoms with van der Waals surface area (Å²) >= 11 is 0. The van der Waals surface area contributed by atoms with Crippen molar-refractivity contribution in [1.29, 1.82) is 0 Å². The molecule has 0 spiro atoms. The second kappa shape index (κ2) is 9.55. The van der Waals surface area contributed by atoms with Gasteiger partial charge >= 0.3 is 5.97 Å². The van der Waals surface area contributed by atoms with Crippen molar-refractivity contribution in [1.82, 2.24) is 9.78 Å². The Morgan fingerprint density at radius 2 is 1.70 bits per heavy atom. The summed E-state index contributed by atoms with van der Waals surface area (Å²) in [5.41, 5.74) is 1.23. The molecule has 8 nitrogen and oxygen atoms in total. The first-order valence-corrected chi connectivity index (χ1v) is 8.99.